The zero-order valence-electron chi connectivity index (χ0n) is 17.6. The van der Waals surface area contributed by atoms with Gasteiger partial charge in [-0.15, -0.1) is 0 Å². The van der Waals surface area contributed by atoms with Crippen molar-refractivity contribution in [2.45, 2.75) is 52.6 Å². The van der Waals surface area contributed by atoms with Crippen molar-refractivity contribution in [2.24, 2.45) is 0 Å². The molecular weight excluding hydrogens is 408 g/mol. The minimum atomic E-state index is -3.71. The van der Waals surface area contributed by atoms with E-state index in [9.17, 15) is 13.2 Å². The van der Waals surface area contributed by atoms with Crippen molar-refractivity contribution < 1.29 is 13.2 Å². The summed E-state index contributed by atoms with van der Waals surface area (Å²) in [5.74, 6) is -0.329. The molecule has 0 spiro atoms. The van der Waals surface area contributed by atoms with E-state index in [0.29, 0.717) is 23.6 Å². The number of anilines is 1. The van der Waals surface area contributed by atoms with Crippen molar-refractivity contribution in [3.63, 3.8) is 0 Å². The van der Waals surface area contributed by atoms with E-state index in [-0.39, 0.29) is 11.9 Å². The molecule has 158 valence electrons. The van der Waals surface area contributed by atoms with E-state index in [0.717, 1.165) is 22.9 Å². The Kier molecular flexibility index (Phi) is 7.72. The number of sulfonamides is 1. The summed E-state index contributed by atoms with van der Waals surface area (Å²) in [4.78, 5) is 13.2. The standard InChI is InChI=1S/C22H29ClN2O3S/c1-6-19(17-11-8-15(3)9-12-17)24-22(26)20(7-2)25(29(5,27)28)21-14-18(23)13-10-16(21)4/h8-14,19-20H,6-7H2,1-5H3,(H,24,26)/t19-,20+/m0/s1. The zero-order chi connectivity index (χ0) is 21.8. The predicted octanol–water partition coefficient (Wildman–Crippen LogP) is 4.77. The molecule has 0 aliphatic rings. The number of hydrogen-bond donors (Lipinski definition) is 1. The Morgan fingerprint density at radius 2 is 1.69 bits per heavy atom. The van der Waals surface area contributed by atoms with Crippen molar-refractivity contribution in [1.82, 2.24) is 5.32 Å². The minimum absolute atomic E-state index is 0.195. The van der Waals surface area contributed by atoms with Crippen molar-refractivity contribution in [1.29, 1.82) is 0 Å². The summed E-state index contributed by atoms with van der Waals surface area (Å²) in [6.45, 7) is 7.60. The van der Waals surface area contributed by atoms with Gasteiger partial charge in [-0.25, -0.2) is 8.42 Å². The summed E-state index contributed by atoms with van der Waals surface area (Å²) >= 11 is 6.12. The Morgan fingerprint density at radius 1 is 1.07 bits per heavy atom. The van der Waals surface area contributed by atoms with Crippen molar-refractivity contribution in [3.8, 4) is 0 Å². The fourth-order valence-corrected chi connectivity index (χ4v) is 4.77. The lowest BCUT2D eigenvalue weighted by Crippen LogP contribution is -2.50. The van der Waals surface area contributed by atoms with Crippen LogP contribution in [0, 0.1) is 13.8 Å². The number of nitrogens with zero attached hydrogens (tertiary/aromatic N) is 1. The second-order valence-corrected chi connectivity index (χ2v) is 9.59. The third kappa shape index (κ3) is 5.73. The van der Waals surface area contributed by atoms with Crippen LogP contribution in [0.5, 0.6) is 0 Å². The molecule has 2 atom stereocenters. The number of carbonyl (C=O) groups is 1. The normalized spacial score (nSPS) is 13.6. The second kappa shape index (κ2) is 9.63. The van der Waals surface area contributed by atoms with Crippen LogP contribution in [0.15, 0.2) is 42.5 Å². The van der Waals surface area contributed by atoms with E-state index in [2.05, 4.69) is 5.32 Å². The topological polar surface area (TPSA) is 66.5 Å². The van der Waals surface area contributed by atoms with Gasteiger partial charge in [0, 0.05) is 5.02 Å². The summed E-state index contributed by atoms with van der Waals surface area (Å²) < 4.78 is 26.5. The molecule has 2 aromatic rings. The first-order valence-corrected chi connectivity index (χ1v) is 11.9. The molecule has 5 nitrogen and oxygen atoms in total. The van der Waals surface area contributed by atoms with Crippen molar-refractivity contribution in [2.75, 3.05) is 10.6 Å². The van der Waals surface area contributed by atoms with E-state index in [1.54, 1.807) is 32.0 Å². The summed E-state index contributed by atoms with van der Waals surface area (Å²) in [5, 5.41) is 3.45. The third-order valence-corrected chi connectivity index (χ3v) is 6.34. The van der Waals surface area contributed by atoms with Crippen LogP contribution >= 0.6 is 11.6 Å². The fourth-order valence-electron chi connectivity index (χ4n) is 3.34. The van der Waals surface area contributed by atoms with Gasteiger partial charge in [-0.1, -0.05) is 61.3 Å². The van der Waals surface area contributed by atoms with Crippen LogP contribution < -0.4 is 9.62 Å². The molecule has 0 unspecified atom stereocenters. The van der Waals surface area contributed by atoms with Gasteiger partial charge in [-0.3, -0.25) is 9.10 Å². The SMILES string of the molecule is CC[C@H](NC(=O)[C@@H](CC)N(c1cc(Cl)ccc1C)S(C)(=O)=O)c1ccc(C)cc1. The molecule has 0 aliphatic heterocycles. The molecule has 0 saturated carbocycles. The molecule has 0 radical (unpaired) electrons. The van der Waals surface area contributed by atoms with E-state index >= 15 is 0 Å². The van der Waals surface area contributed by atoms with Gasteiger partial charge in [0.15, 0.2) is 0 Å². The number of halogens is 1. The second-order valence-electron chi connectivity index (χ2n) is 7.29. The van der Waals surface area contributed by atoms with Crippen LogP contribution in [0.2, 0.25) is 5.02 Å². The van der Waals surface area contributed by atoms with Crippen LogP contribution in [0.25, 0.3) is 0 Å². The molecule has 7 heteroatoms. The summed E-state index contributed by atoms with van der Waals surface area (Å²) in [5.41, 5.74) is 3.29. The Morgan fingerprint density at radius 3 is 2.21 bits per heavy atom. The summed E-state index contributed by atoms with van der Waals surface area (Å²) in [6, 6.07) is 11.9. The van der Waals surface area contributed by atoms with Gasteiger partial charge in [-0.05, 0) is 49.9 Å². The Bertz CT molecular complexity index is 959. The molecule has 0 fully saturated rings. The number of amides is 1. The Labute approximate surface area is 179 Å². The maximum absolute atomic E-state index is 13.2. The maximum atomic E-state index is 13.2. The smallest absolute Gasteiger partial charge is 0.244 e. The number of hydrogen-bond acceptors (Lipinski definition) is 3. The van der Waals surface area contributed by atoms with E-state index in [1.165, 1.54) is 4.31 Å². The van der Waals surface area contributed by atoms with Gasteiger partial charge < -0.3 is 5.32 Å². The third-order valence-electron chi connectivity index (χ3n) is 4.94. The molecule has 29 heavy (non-hydrogen) atoms. The molecule has 1 N–H and O–H groups in total. The predicted molar refractivity (Wildman–Crippen MR) is 120 cm³/mol. The van der Waals surface area contributed by atoms with Crippen LogP contribution in [0.3, 0.4) is 0 Å². The van der Waals surface area contributed by atoms with Gasteiger partial charge in [0.2, 0.25) is 15.9 Å². The summed E-state index contributed by atoms with van der Waals surface area (Å²) in [6.07, 6.45) is 2.13. The zero-order valence-corrected chi connectivity index (χ0v) is 19.1. The molecule has 2 aromatic carbocycles. The highest BCUT2D eigenvalue weighted by Gasteiger charge is 2.33. The van der Waals surface area contributed by atoms with Crippen molar-refractivity contribution >= 4 is 33.2 Å². The highest BCUT2D eigenvalue weighted by atomic mass is 35.5. The largest absolute Gasteiger partial charge is 0.347 e. The molecule has 0 heterocycles. The lowest BCUT2D eigenvalue weighted by molar-refractivity contribution is -0.123. The molecule has 0 aliphatic carbocycles. The first kappa shape index (κ1) is 23.2. The highest BCUT2D eigenvalue weighted by Crippen LogP contribution is 2.29. The van der Waals surface area contributed by atoms with Gasteiger partial charge in [0.1, 0.15) is 6.04 Å². The Balaban J connectivity index is 2.40. The summed E-state index contributed by atoms with van der Waals surface area (Å²) in [7, 11) is -3.71. The molecule has 0 aromatic heterocycles. The van der Waals surface area contributed by atoms with Crippen LogP contribution in [-0.2, 0) is 14.8 Å². The fraction of sp³-hybridized carbons (Fsp3) is 0.409. The van der Waals surface area contributed by atoms with E-state index in [1.807, 2.05) is 38.1 Å². The lowest BCUT2D eigenvalue weighted by atomic mass is 10.0. The van der Waals surface area contributed by atoms with E-state index in [4.69, 9.17) is 11.6 Å². The average molecular weight is 437 g/mol. The minimum Gasteiger partial charge on any atom is -0.347 e. The monoisotopic (exact) mass is 436 g/mol. The van der Waals surface area contributed by atoms with Gasteiger partial charge in [-0.2, -0.15) is 0 Å². The van der Waals surface area contributed by atoms with Crippen LogP contribution in [-0.4, -0.2) is 26.6 Å². The number of aryl methyl sites for hydroxylation is 2. The Hall–Kier alpha value is -2.05. The quantitative estimate of drug-likeness (QED) is 0.648. The molecule has 1 amide bonds. The number of nitrogens with one attached hydrogen (secondary N) is 1. The lowest BCUT2D eigenvalue weighted by Gasteiger charge is -2.32. The molecule has 2 rings (SSSR count). The highest BCUT2D eigenvalue weighted by molar-refractivity contribution is 7.92. The number of rotatable bonds is 8. The van der Waals surface area contributed by atoms with Crippen molar-refractivity contribution in [3.05, 3.63) is 64.2 Å². The number of carbonyl (C=O) groups excluding carboxylic acids is 1. The van der Waals surface area contributed by atoms with Gasteiger partial charge in [0.05, 0.1) is 18.0 Å². The molecule has 0 bridgehead atoms. The van der Waals surface area contributed by atoms with Gasteiger partial charge in [0.25, 0.3) is 0 Å². The average Bonchev–Trinajstić information content (AvgIpc) is 2.66. The molecular formula is C22H29ClN2O3S. The first-order chi connectivity index (χ1) is 13.6. The van der Waals surface area contributed by atoms with Crippen LogP contribution in [0.4, 0.5) is 5.69 Å². The first-order valence-electron chi connectivity index (χ1n) is 9.71. The van der Waals surface area contributed by atoms with E-state index < -0.39 is 16.1 Å². The number of benzene rings is 2. The molecule has 0 saturated heterocycles. The van der Waals surface area contributed by atoms with Gasteiger partial charge >= 0.3 is 0 Å². The maximum Gasteiger partial charge on any atom is 0.244 e. The van der Waals surface area contributed by atoms with Crippen LogP contribution in [0.1, 0.15) is 49.4 Å².